The number of rotatable bonds is 5. The van der Waals surface area contributed by atoms with Crippen molar-refractivity contribution in [1.82, 2.24) is 10.6 Å². The van der Waals surface area contributed by atoms with E-state index in [0.29, 0.717) is 12.3 Å². The second kappa shape index (κ2) is 7.14. The minimum absolute atomic E-state index is 0.0874. The van der Waals surface area contributed by atoms with Crippen LogP contribution in [0.5, 0.6) is 11.5 Å². The first-order valence-electron chi connectivity index (χ1n) is 6.97. The van der Waals surface area contributed by atoms with Crippen molar-refractivity contribution in [3.05, 3.63) is 23.8 Å². The monoisotopic (exact) mass is 278 g/mol. The molecule has 0 aromatic heterocycles. The molecule has 1 aromatic rings. The number of hydrogen-bond donors (Lipinski definition) is 2. The number of carbonyl (C=O) groups is 1. The molecule has 0 spiro atoms. The Balaban J connectivity index is 2.04. The fourth-order valence-corrected chi connectivity index (χ4v) is 2.46. The molecule has 1 amide bonds. The number of benzene rings is 1. The van der Waals surface area contributed by atoms with Gasteiger partial charge in [-0.25, -0.2) is 0 Å². The van der Waals surface area contributed by atoms with Crippen LogP contribution in [-0.2, 0) is 11.3 Å². The number of ether oxygens (including phenoxy) is 2. The van der Waals surface area contributed by atoms with Crippen LogP contribution in [0.25, 0.3) is 0 Å². The maximum atomic E-state index is 11.9. The van der Waals surface area contributed by atoms with Gasteiger partial charge in [0.25, 0.3) is 0 Å². The lowest BCUT2D eigenvalue weighted by molar-refractivity contribution is -0.122. The van der Waals surface area contributed by atoms with Gasteiger partial charge in [0.15, 0.2) is 11.5 Å². The van der Waals surface area contributed by atoms with Crippen molar-refractivity contribution < 1.29 is 14.3 Å². The third kappa shape index (κ3) is 3.42. The van der Waals surface area contributed by atoms with Gasteiger partial charge in [0, 0.05) is 18.7 Å². The molecule has 2 N–H and O–H groups in total. The van der Waals surface area contributed by atoms with Crippen LogP contribution in [0, 0.1) is 0 Å². The smallest absolute Gasteiger partial charge is 0.237 e. The summed E-state index contributed by atoms with van der Waals surface area (Å²) in [6.07, 6.45) is 2.98. The maximum Gasteiger partial charge on any atom is 0.237 e. The second-order valence-electron chi connectivity index (χ2n) is 4.87. The number of para-hydroxylation sites is 1. The quantitative estimate of drug-likeness (QED) is 0.856. The predicted molar refractivity (Wildman–Crippen MR) is 77.0 cm³/mol. The molecule has 110 valence electrons. The highest BCUT2D eigenvalue weighted by Crippen LogP contribution is 2.30. The first-order valence-corrected chi connectivity index (χ1v) is 6.97. The number of methoxy groups -OCH3 is 2. The third-order valence-electron chi connectivity index (χ3n) is 3.56. The van der Waals surface area contributed by atoms with E-state index in [0.717, 1.165) is 37.1 Å². The minimum atomic E-state index is -0.131. The van der Waals surface area contributed by atoms with Crippen molar-refractivity contribution in [3.8, 4) is 11.5 Å². The lowest BCUT2D eigenvalue weighted by Crippen LogP contribution is -2.42. The maximum absolute atomic E-state index is 11.9. The highest BCUT2D eigenvalue weighted by molar-refractivity contribution is 5.81. The van der Waals surface area contributed by atoms with Gasteiger partial charge in [-0.1, -0.05) is 12.1 Å². The molecule has 5 nitrogen and oxygen atoms in total. The Morgan fingerprint density at radius 1 is 1.30 bits per heavy atom. The molecule has 1 aromatic carbocycles. The van der Waals surface area contributed by atoms with Gasteiger partial charge in [0.05, 0.1) is 20.3 Å². The molecule has 5 heteroatoms. The molecular weight excluding hydrogens is 256 g/mol. The van der Waals surface area contributed by atoms with Crippen molar-refractivity contribution in [3.63, 3.8) is 0 Å². The molecule has 0 saturated carbocycles. The molecule has 20 heavy (non-hydrogen) atoms. The summed E-state index contributed by atoms with van der Waals surface area (Å²) in [6, 6.07) is 5.63. The summed E-state index contributed by atoms with van der Waals surface area (Å²) in [5, 5.41) is 6.23. The molecule has 0 bridgehead atoms. The van der Waals surface area contributed by atoms with Crippen molar-refractivity contribution >= 4 is 5.91 Å². The van der Waals surface area contributed by atoms with Gasteiger partial charge in [-0.3, -0.25) is 4.79 Å². The first kappa shape index (κ1) is 14.7. The number of hydrogen-bond acceptors (Lipinski definition) is 4. The Labute approximate surface area is 119 Å². The largest absolute Gasteiger partial charge is 0.493 e. The summed E-state index contributed by atoms with van der Waals surface area (Å²) < 4.78 is 10.7. The topological polar surface area (TPSA) is 59.6 Å². The van der Waals surface area contributed by atoms with Gasteiger partial charge >= 0.3 is 0 Å². The van der Waals surface area contributed by atoms with Gasteiger partial charge in [-0.05, 0) is 25.3 Å². The van der Waals surface area contributed by atoms with Crippen molar-refractivity contribution in [2.75, 3.05) is 20.8 Å². The van der Waals surface area contributed by atoms with Crippen LogP contribution in [0.1, 0.15) is 24.8 Å². The Bertz CT molecular complexity index is 462. The molecule has 1 atom stereocenters. The van der Waals surface area contributed by atoms with E-state index in [-0.39, 0.29) is 11.9 Å². The van der Waals surface area contributed by atoms with E-state index >= 15 is 0 Å². The molecule has 0 radical (unpaired) electrons. The van der Waals surface area contributed by atoms with Crippen LogP contribution in [0.2, 0.25) is 0 Å². The molecule has 2 rings (SSSR count). The first-order chi connectivity index (χ1) is 9.76. The van der Waals surface area contributed by atoms with E-state index in [1.165, 1.54) is 0 Å². The second-order valence-corrected chi connectivity index (χ2v) is 4.87. The van der Waals surface area contributed by atoms with Crippen LogP contribution in [0.4, 0.5) is 0 Å². The molecule has 1 aliphatic heterocycles. The zero-order valence-corrected chi connectivity index (χ0v) is 12.1. The van der Waals surface area contributed by atoms with Crippen LogP contribution >= 0.6 is 0 Å². The zero-order chi connectivity index (χ0) is 14.4. The van der Waals surface area contributed by atoms with E-state index in [2.05, 4.69) is 10.6 Å². The van der Waals surface area contributed by atoms with E-state index in [4.69, 9.17) is 9.47 Å². The molecular formula is C15H22N2O3. The zero-order valence-electron chi connectivity index (χ0n) is 12.1. The van der Waals surface area contributed by atoms with E-state index < -0.39 is 0 Å². The van der Waals surface area contributed by atoms with Crippen LogP contribution in [0.3, 0.4) is 0 Å². The Hall–Kier alpha value is -1.75. The van der Waals surface area contributed by atoms with Gasteiger partial charge in [-0.15, -0.1) is 0 Å². The van der Waals surface area contributed by atoms with Crippen molar-refractivity contribution in [1.29, 1.82) is 0 Å². The average Bonchev–Trinajstić information content (AvgIpc) is 2.69. The number of nitrogens with one attached hydrogen (secondary N) is 2. The van der Waals surface area contributed by atoms with Crippen LogP contribution in [0.15, 0.2) is 18.2 Å². The van der Waals surface area contributed by atoms with Crippen LogP contribution in [-0.4, -0.2) is 32.7 Å². The summed E-state index contributed by atoms with van der Waals surface area (Å²) in [5.74, 6) is 1.51. The molecule has 0 aliphatic carbocycles. The molecule has 1 fully saturated rings. The number of carbonyl (C=O) groups excluding carboxylic acids is 1. The molecule has 1 heterocycles. The van der Waals surface area contributed by atoms with Gasteiger partial charge in [0.1, 0.15) is 0 Å². The lowest BCUT2D eigenvalue weighted by Gasteiger charge is -2.17. The fraction of sp³-hybridized carbons (Fsp3) is 0.533. The van der Waals surface area contributed by atoms with Crippen molar-refractivity contribution in [2.24, 2.45) is 0 Å². The SMILES string of the molecule is COc1cccc(CN[C@H]2CCCCNC2=O)c1OC. The Morgan fingerprint density at radius 3 is 2.90 bits per heavy atom. The van der Waals surface area contributed by atoms with E-state index in [9.17, 15) is 4.79 Å². The normalized spacial score (nSPS) is 19.1. The fourth-order valence-electron chi connectivity index (χ4n) is 2.46. The van der Waals surface area contributed by atoms with Crippen LogP contribution < -0.4 is 20.1 Å². The van der Waals surface area contributed by atoms with E-state index in [1.54, 1.807) is 14.2 Å². The summed E-state index contributed by atoms with van der Waals surface area (Å²) in [5.41, 5.74) is 0.990. The summed E-state index contributed by atoms with van der Waals surface area (Å²) in [7, 11) is 3.24. The lowest BCUT2D eigenvalue weighted by atomic mass is 10.1. The van der Waals surface area contributed by atoms with Gasteiger partial charge < -0.3 is 20.1 Å². The average molecular weight is 278 g/mol. The van der Waals surface area contributed by atoms with Crippen molar-refractivity contribution in [2.45, 2.75) is 31.8 Å². The summed E-state index contributed by atoms with van der Waals surface area (Å²) >= 11 is 0. The highest BCUT2D eigenvalue weighted by Gasteiger charge is 2.20. The third-order valence-corrected chi connectivity index (χ3v) is 3.56. The molecule has 0 unspecified atom stereocenters. The highest BCUT2D eigenvalue weighted by atomic mass is 16.5. The standard InChI is InChI=1S/C15H22N2O3/c1-19-13-8-5-6-11(14(13)20-2)10-17-12-7-3-4-9-16-15(12)18/h5-6,8,12,17H,3-4,7,9-10H2,1-2H3,(H,16,18)/t12-/m0/s1. The van der Waals surface area contributed by atoms with E-state index in [1.807, 2.05) is 18.2 Å². The summed E-state index contributed by atoms with van der Waals surface area (Å²) in [6.45, 7) is 1.36. The molecule has 1 saturated heterocycles. The van der Waals surface area contributed by atoms with Gasteiger partial charge in [-0.2, -0.15) is 0 Å². The predicted octanol–water partition coefficient (Wildman–Crippen LogP) is 1.46. The Morgan fingerprint density at radius 2 is 2.15 bits per heavy atom. The van der Waals surface area contributed by atoms with Gasteiger partial charge in [0.2, 0.25) is 5.91 Å². The summed E-state index contributed by atoms with van der Waals surface area (Å²) in [4.78, 5) is 11.9. The Kier molecular flexibility index (Phi) is 5.24. The minimum Gasteiger partial charge on any atom is -0.493 e. The molecule has 1 aliphatic rings. The number of amides is 1.